The van der Waals surface area contributed by atoms with Crippen molar-refractivity contribution in [3.05, 3.63) is 82.0 Å². The molecule has 0 saturated carbocycles. The van der Waals surface area contributed by atoms with Crippen molar-refractivity contribution < 1.29 is 14.6 Å². The minimum Gasteiger partial charge on any atom is -0.495 e. The van der Waals surface area contributed by atoms with Crippen molar-refractivity contribution in [1.82, 2.24) is 14.5 Å². The van der Waals surface area contributed by atoms with E-state index in [-0.39, 0.29) is 11.5 Å². The van der Waals surface area contributed by atoms with Gasteiger partial charge in [0.25, 0.3) is 11.5 Å². The number of rotatable bonds is 7. The van der Waals surface area contributed by atoms with E-state index in [4.69, 9.17) is 4.74 Å². The molecule has 1 unspecified atom stereocenters. The lowest BCUT2D eigenvalue weighted by atomic mass is 9.93. The average molecular weight is 462 g/mol. The number of methoxy groups -OCH3 is 1. The lowest BCUT2D eigenvalue weighted by Gasteiger charge is -2.21. The maximum atomic E-state index is 13.8. The molecule has 2 aliphatic rings. The van der Waals surface area contributed by atoms with E-state index in [9.17, 15) is 14.7 Å². The minimum atomic E-state index is -0.593. The standard InChI is InChI=1S/C27H31N3O4/c1-4-5-14-22-28-25(31)23(27(33)30(22)24-18(2)10-9-13-21(24)34-3)26(32)29-16-15-20(17-29)19-11-7-6-8-12-19/h4,7,9-13,20,31H,1,5-6,8,14-17H2,2-3H3. The van der Waals surface area contributed by atoms with Crippen LogP contribution >= 0.6 is 0 Å². The highest BCUT2D eigenvalue weighted by Gasteiger charge is 2.33. The number of likely N-dealkylation sites (tertiary alicyclic amines) is 1. The van der Waals surface area contributed by atoms with Gasteiger partial charge in [0.05, 0.1) is 12.8 Å². The molecule has 1 amide bonds. The highest BCUT2D eigenvalue weighted by Crippen LogP contribution is 2.30. The number of benzene rings is 1. The highest BCUT2D eigenvalue weighted by molar-refractivity contribution is 5.96. The van der Waals surface area contributed by atoms with Crippen molar-refractivity contribution in [1.29, 1.82) is 0 Å². The van der Waals surface area contributed by atoms with E-state index in [1.165, 1.54) is 17.3 Å². The van der Waals surface area contributed by atoms with Crippen LogP contribution in [0.1, 0.15) is 47.4 Å². The summed E-state index contributed by atoms with van der Waals surface area (Å²) < 4.78 is 6.94. The largest absolute Gasteiger partial charge is 0.495 e. The van der Waals surface area contributed by atoms with Crippen LogP contribution in [-0.2, 0) is 6.42 Å². The van der Waals surface area contributed by atoms with E-state index >= 15 is 0 Å². The lowest BCUT2D eigenvalue weighted by molar-refractivity contribution is 0.0782. The summed E-state index contributed by atoms with van der Waals surface area (Å²) in [6, 6.07) is 5.47. The molecular weight excluding hydrogens is 430 g/mol. The number of aromatic hydroxyl groups is 1. The van der Waals surface area contributed by atoms with Gasteiger partial charge in [0.15, 0.2) is 5.56 Å². The van der Waals surface area contributed by atoms with Crippen molar-refractivity contribution in [2.45, 2.75) is 39.0 Å². The molecule has 4 rings (SSSR count). The number of hydrogen-bond donors (Lipinski definition) is 1. The molecule has 0 bridgehead atoms. The van der Waals surface area contributed by atoms with Crippen LogP contribution in [0.3, 0.4) is 0 Å². The number of hydrogen-bond acceptors (Lipinski definition) is 5. The Labute approximate surface area is 199 Å². The summed E-state index contributed by atoms with van der Waals surface area (Å²) in [5.74, 6) is 0.0575. The zero-order valence-corrected chi connectivity index (χ0v) is 19.8. The Morgan fingerprint density at radius 1 is 1.35 bits per heavy atom. The van der Waals surface area contributed by atoms with E-state index < -0.39 is 17.3 Å². The lowest BCUT2D eigenvalue weighted by Crippen LogP contribution is -2.37. The third kappa shape index (κ3) is 4.42. The number of allylic oxidation sites excluding steroid dienone is 4. The molecule has 178 valence electrons. The first-order chi connectivity index (χ1) is 16.5. The van der Waals surface area contributed by atoms with Crippen molar-refractivity contribution >= 4 is 5.91 Å². The van der Waals surface area contributed by atoms with Gasteiger partial charge in [-0.3, -0.25) is 14.2 Å². The third-order valence-corrected chi connectivity index (χ3v) is 6.53. The number of amides is 1. The molecule has 1 fully saturated rings. The molecule has 1 atom stereocenters. The second-order valence-electron chi connectivity index (χ2n) is 8.74. The number of aromatic nitrogens is 2. The van der Waals surface area contributed by atoms with E-state index in [0.717, 1.165) is 24.8 Å². The van der Waals surface area contributed by atoms with Crippen molar-refractivity contribution in [2.75, 3.05) is 20.2 Å². The molecule has 0 radical (unpaired) electrons. The number of para-hydroxylation sites is 1. The molecule has 1 N–H and O–H groups in total. The van der Waals surface area contributed by atoms with E-state index in [1.54, 1.807) is 17.0 Å². The molecular formula is C27H31N3O4. The first kappa shape index (κ1) is 23.5. The number of aryl methyl sites for hydroxylation is 2. The predicted octanol–water partition coefficient (Wildman–Crippen LogP) is 4.11. The Balaban J connectivity index is 1.77. The number of carbonyl (C=O) groups is 1. The zero-order valence-electron chi connectivity index (χ0n) is 19.8. The summed E-state index contributed by atoms with van der Waals surface area (Å²) in [7, 11) is 1.53. The van der Waals surface area contributed by atoms with Gasteiger partial charge in [-0.25, -0.2) is 0 Å². The van der Waals surface area contributed by atoms with Gasteiger partial charge in [-0.15, -0.1) is 6.58 Å². The molecule has 34 heavy (non-hydrogen) atoms. The molecule has 7 nitrogen and oxygen atoms in total. The van der Waals surface area contributed by atoms with Crippen LogP contribution in [0.5, 0.6) is 11.6 Å². The van der Waals surface area contributed by atoms with Gasteiger partial charge in [0, 0.05) is 25.4 Å². The molecule has 1 aliphatic heterocycles. The average Bonchev–Trinajstić information content (AvgIpc) is 3.34. The van der Waals surface area contributed by atoms with E-state index in [1.807, 2.05) is 19.1 Å². The summed E-state index contributed by atoms with van der Waals surface area (Å²) in [6.45, 7) is 6.65. The van der Waals surface area contributed by atoms with Crippen LogP contribution < -0.4 is 10.3 Å². The second kappa shape index (κ2) is 10.1. The van der Waals surface area contributed by atoms with E-state index in [0.29, 0.717) is 43.2 Å². The summed E-state index contributed by atoms with van der Waals surface area (Å²) in [6.07, 6.45) is 12.1. The van der Waals surface area contributed by atoms with Gasteiger partial charge in [0.1, 0.15) is 11.6 Å². The van der Waals surface area contributed by atoms with Gasteiger partial charge in [0.2, 0.25) is 5.88 Å². The normalized spacial score (nSPS) is 17.5. The fourth-order valence-electron chi connectivity index (χ4n) is 4.76. The van der Waals surface area contributed by atoms with Gasteiger partial charge in [-0.2, -0.15) is 4.98 Å². The molecule has 2 heterocycles. The fourth-order valence-corrected chi connectivity index (χ4v) is 4.76. The smallest absolute Gasteiger partial charge is 0.275 e. The molecule has 0 spiro atoms. The Bertz CT molecular complexity index is 1230. The van der Waals surface area contributed by atoms with Gasteiger partial charge in [-0.1, -0.05) is 36.4 Å². The topological polar surface area (TPSA) is 84.7 Å². The molecule has 1 aliphatic carbocycles. The molecule has 1 aromatic heterocycles. The van der Waals surface area contributed by atoms with Gasteiger partial charge in [-0.05, 0) is 49.8 Å². The predicted molar refractivity (Wildman–Crippen MR) is 132 cm³/mol. The second-order valence-corrected chi connectivity index (χ2v) is 8.74. The summed E-state index contributed by atoms with van der Waals surface area (Å²) >= 11 is 0. The van der Waals surface area contributed by atoms with Gasteiger partial charge >= 0.3 is 0 Å². The van der Waals surface area contributed by atoms with Crippen LogP contribution in [0, 0.1) is 12.8 Å². The molecule has 2 aromatic rings. The minimum absolute atomic E-state index is 0.237. The summed E-state index contributed by atoms with van der Waals surface area (Å²) in [5, 5.41) is 10.7. The Hall–Kier alpha value is -3.61. The quantitative estimate of drug-likeness (QED) is 0.627. The van der Waals surface area contributed by atoms with Crippen LogP contribution in [0.15, 0.2) is 59.4 Å². The first-order valence-electron chi connectivity index (χ1n) is 11.7. The van der Waals surface area contributed by atoms with Crippen LogP contribution in [0.25, 0.3) is 5.69 Å². The fraction of sp³-hybridized carbons (Fsp3) is 0.370. The van der Waals surface area contributed by atoms with Gasteiger partial charge < -0.3 is 14.7 Å². The van der Waals surface area contributed by atoms with Crippen LogP contribution in [0.2, 0.25) is 0 Å². The van der Waals surface area contributed by atoms with E-state index in [2.05, 4.69) is 29.8 Å². The Morgan fingerprint density at radius 2 is 2.18 bits per heavy atom. The van der Waals surface area contributed by atoms with Crippen LogP contribution in [0.4, 0.5) is 0 Å². The summed E-state index contributed by atoms with van der Waals surface area (Å²) in [4.78, 5) is 33.2. The Morgan fingerprint density at radius 3 is 2.88 bits per heavy atom. The monoisotopic (exact) mass is 461 g/mol. The third-order valence-electron chi connectivity index (χ3n) is 6.53. The molecule has 1 saturated heterocycles. The highest BCUT2D eigenvalue weighted by atomic mass is 16.5. The maximum absolute atomic E-state index is 13.8. The zero-order chi connectivity index (χ0) is 24.2. The number of ether oxygens (including phenoxy) is 1. The Kier molecular flexibility index (Phi) is 7.01. The molecule has 1 aromatic carbocycles. The first-order valence-corrected chi connectivity index (χ1v) is 11.7. The molecule has 7 heteroatoms. The van der Waals surface area contributed by atoms with Crippen molar-refractivity contribution in [2.24, 2.45) is 5.92 Å². The van der Waals surface area contributed by atoms with Crippen molar-refractivity contribution in [3.8, 4) is 17.3 Å². The number of nitrogens with zero attached hydrogens (tertiary/aromatic N) is 3. The summed E-state index contributed by atoms with van der Waals surface area (Å²) in [5.41, 5.74) is 1.66. The maximum Gasteiger partial charge on any atom is 0.275 e. The SMILES string of the molecule is C=CCCc1nc(O)c(C(=O)N2CCC(C3=CCCC=C3)C2)c(=O)n1-c1c(C)cccc1OC. The number of carbonyl (C=O) groups excluding carboxylic acids is 1. The van der Waals surface area contributed by atoms with Crippen LogP contribution in [-0.4, -0.2) is 45.7 Å². The van der Waals surface area contributed by atoms with Crippen molar-refractivity contribution in [3.63, 3.8) is 0 Å².